The first-order chi connectivity index (χ1) is 7.74. The summed E-state index contributed by atoms with van der Waals surface area (Å²) in [7, 11) is 0. The second kappa shape index (κ2) is 10.1. The first kappa shape index (κ1) is 15.9. The fraction of sp³-hybridized carbons (Fsp3) is 1.00. The van der Waals surface area contributed by atoms with Crippen LogP contribution in [0, 0.1) is 0 Å². The second-order valence-electron chi connectivity index (χ2n) is 4.84. The Morgan fingerprint density at radius 3 is 1.94 bits per heavy atom. The van der Waals surface area contributed by atoms with Crippen LogP contribution in [0.15, 0.2) is 0 Å². The van der Waals surface area contributed by atoms with E-state index in [1.807, 2.05) is 0 Å². The highest BCUT2D eigenvalue weighted by molar-refractivity contribution is 4.84. The van der Waals surface area contributed by atoms with E-state index in [-0.39, 0.29) is 12.1 Å². The normalized spacial score (nSPS) is 12.0. The third kappa shape index (κ3) is 6.49. The highest BCUT2D eigenvalue weighted by atomic mass is 16.3. The lowest BCUT2D eigenvalue weighted by Crippen LogP contribution is -2.47. The number of aliphatic hydroxyl groups is 1. The molecule has 16 heavy (non-hydrogen) atoms. The van der Waals surface area contributed by atoms with Crippen LogP contribution in [-0.4, -0.2) is 23.8 Å². The lowest BCUT2D eigenvalue weighted by Gasteiger charge is -2.31. The molecule has 2 N–H and O–H groups in total. The van der Waals surface area contributed by atoms with Crippen molar-refractivity contribution < 1.29 is 5.11 Å². The van der Waals surface area contributed by atoms with Crippen LogP contribution in [0.1, 0.15) is 72.1 Å². The first-order valence-corrected chi connectivity index (χ1v) is 7.10. The SMILES string of the molecule is CCCCCCCCNC(CC)(CC)CO. The van der Waals surface area contributed by atoms with Gasteiger partial charge in [-0.2, -0.15) is 0 Å². The molecule has 0 aromatic heterocycles. The van der Waals surface area contributed by atoms with Gasteiger partial charge in [0, 0.05) is 5.54 Å². The highest BCUT2D eigenvalue weighted by Crippen LogP contribution is 2.14. The van der Waals surface area contributed by atoms with Crippen LogP contribution in [0.2, 0.25) is 0 Å². The first-order valence-electron chi connectivity index (χ1n) is 7.10. The van der Waals surface area contributed by atoms with E-state index in [0.717, 1.165) is 19.4 Å². The molecule has 0 saturated heterocycles. The number of unbranched alkanes of at least 4 members (excludes halogenated alkanes) is 5. The van der Waals surface area contributed by atoms with Crippen LogP contribution < -0.4 is 5.32 Å². The van der Waals surface area contributed by atoms with E-state index in [1.165, 1.54) is 38.5 Å². The Bertz CT molecular complexity index is 135. The van der Waals surface area contributed by atoms with Crippen LogP contribution in [-0.2, 0) is 0 Å². The average Bonchev–Trinajstić information content (AvgIpc) is 2.34. The molecular weight excluding hydrogens is 198 g/mol. The highest BCUT2D eigenvalue weighted by Gasteiger charge is 2.23. The second-order valence-corrected chi connectivity index (χ2v) is 4.84. The minimum absolute atomic E-state index is 0.0244. The standard InChI is InChI=1S/C14H31NO/c1-4-7-8-9-10-11-12-15-14(5-2,6-3)13-16/h15-16H,4-13H2,1-3H3. The Morgan fingerprint density at radius 2 is 1.44 bits per heavy atom. The lowest BCUT2D eigenvalue weighted by atomic mass is 9.93. The van der Waals surface area contributed by atoms with Gasteiger partial charge in [-0.1, -0.05) is 52.9 Å². The molecule has 0 bridgehead atoms. The summed E-state index contributed by atoms with van der Waals surface area (Å²) in [5.74, 6) is 0. The molecule has 0 radical (unpaired) electrons. The number of aliphatic hydroxyl groups excluding tert-OH is 1. The number of hydrogen-bond acceptors (Lipinski definition) is 2. The zero-order valence-corrected chi connectivity index (χ0v) is 11.5. The van der Waals surface area contributed by atoms with Gasteiger partial charge in [-0.15, -0.1) is 0 Å². The van der Waals surface area contributed by atoms with Crippen molar-refractivity contribution in [2.75, 3.05) is 13.2 Å². The average molecular weight is 229 g/mol. The molecule has 0 saturated carbocycles. The molecular formula is C14H31NO. The smallest absolute Gasteiger partial charge is 0.0613 e. The maximum atomic E-state index is 9.39. The fourth-order valence-corrected chi connectivity index (χ4v) is 2.04. The van der Waals surface area contributed by atoms with Crippen molar-refractivity contribution >= 4 is 0 Å². The van der Waals surface area contributed by atoms with Crippen molar-refractivity contribution in [2.24, 2.45) is 0 Å². The molecule has 0 heterocycles. The van der Waals surface area contributed by atoms with Gasteiger partial charge < -0.3 is 10.4 Å². The molecule has 0 rings (SSSR count). The molecule has 0 aliphatic heterocycles. The summed E-state index contributed by atoms with van der Waals surface area (Å²) in [6, 6.07) is 0. The predicted octanol–water partition coefficient (Wildman–Crippen LogP) is 3.49. The van der Waals surface area contributed by atoms with Crippen LogP contribution in [0.25, 0.3) is 0 Å². The topological polar surface area (TPSA) is 32.3 Å². The largest absolute Gasteiger partial charge is 0.394 e. The minimum atomic E-state index is -0.0244. The van der Waals surface area contributed by atoms with Crippen molar-refractivity contribution in [1.29, 1.82) is 0 Å². The van der Waals surface area contributed by atoms with Crippen molar-refractivity contribution in [3.8, 4) is 0 Å². The molecule has 0 spiro atoms. The summed E-state index contributed by atoms with van der Waals surface area (Å²) >= 11 is 0. The van der Waals surface area contributed by atoms with Gasteiger partial charge >= 0.3 is 0 Å². The minimum Gasteiger partial charge on any atom is -0.394 e. The van der Waals surface area contributed by atoms with E-state index in [0.29, 0.717) is 0 Å². The Kier molecular flexibility index (Phi) is 10.0. The zero-order chi connectivity index (χ0) is 12.3. The van der Waals surface area contributed by atoms with Gasteiger partial charge in [-0.3, -0.25) is 0 Å². The van der Waals surface area contributed by atoms with Crippen molar-refractivity contribution in [3.05, 3.63) is 0 Å². The fourth-order valence-electron chi connectivity index (χ4n) is 2.04. The molecule has 0 aliphatic carbocycles. The molecule has 0 unspecified atom stereocenters. The van der Waals surface area contributed by atoms with E-state index in [1.54, 1.807) is 0 Å². The summed E-state index contributed by atoms with van der Waals surface area (Å²) in [6.45, 7) is 7.85. The molecule has 0 aliphatic rings. The monoisotopic (exact) mass is 229 g/mol. The molecule has 0 aromatic carbocycles. The van der Waals surface area contributed by atoms with E-state index in [2.05, 4.69) is 26.1 Å². The summed E-state index contributed by atoms with van der Waals surface area (Å²) < 4.78 is 0. The van der Waals surface area contributed by atoms with E-state index in [9.17, 15) is 5.11 Å². The molecule has 2 heteroatoms. The van der Waals surface area contributed by atoms with Crippen molar-refractivity contribution in [2.45, 2.75) is 77.7 Å². The van der Waals surface area contributed by atoms with Crippen LogP contribution in [0.4, 0.5) is 0 Å². The molecule has 0 aromatic rings. The Morgan fingerprint density at radius 1 is 0.875 bits per heavy atom. The summed E-state index contributed by atoms with van der Waals surface area (Å²) in [6.07, 6.45) is 10.0. The summed E-state index contributed by atoms with van der Waals surface area (Å²) in [5.41, 5.74) is -0.0244. The maximum absolute atomic E-state index is 9.39. The Balaban J connectivity index is 3.48. The van der Waals surface area contributed by atoms with Crippen molar-refractivity contribution in [3.63, 3.8) is 0 Å². The van der Waals surface area contributed by atoms with Crippen molar-refractivity contribution in [1.82, 2.24) is 5.32 Å². The van der Waals surface area contributed by atoms with E-state index >= 15 is 0 Å². The third-order valence-corrected chi connectivity index (χ3v) is 3.69. The van der Waals surface area contributed by atoms with E-state index in [4.69, 9.17) is 0 Å². The number of rotatable bonds is 11. The van der Waals surface area contributed by atoms with E-state index < -0.39 is 0 Å². The maximum Gasteiger partial charge on any atom is 0.0613 e. The van der Waals surface area contributed by atoms with Gasteiger partial charge in [0.15, 0.2) is 0 Å². The van der Waals surface area contributed by atoms with Gasteiger partial charge in [0.25, 0.3) is 0 Å². The van der Waals surface area contributed by atoms with Gasteiger partial charge in [0.1, 0.15) is 0 Å². The quantitative estimate of drug-likeness (QED) is 0.532. The Hall–Kier alpha value is -0.0800. The van der Waals surface area contributed by atoms with Crippen LogP contribution >= 0.6 is 0 Å². The number of hydrogen-bond donors (Lipinski definition) is 2. The molecule has 0 fully saturated rings. The van der Waals surface area contributed by atoms with Crippen LogP contribution in [0.5, 0.6) is 0 Å². The third-order valence-electron chi connectivity index (χ3n) is 3.69. The molecule has 2 nitrogen and oxygen atoms in total. The molecule has 98 valence electrons. The number of nitrogens with one attached hydrogen (secondary N) is 1. The van der Waals surface area contributed by atoms with Gasteiger partial charge in [-0.05, 0) is 25.8 Å². The summed E-state index contributed by atoms with van der Waals surface area (Å²) in [5, 5.41) is 12.9. The molecule has 0 atom stereocenters. The zero-order valence-electron chi connectivity index (χ0n) is 11.5. The molecule has 0 amide bonds. The predicted molar refractivity (Wildman–Crippen MR) is 71.8 cm³/mol. The summed E-state index contributed by atoms with van der Waals surface area (Å²) in [4.78, 5) is 0. The van der Waals surface area contributed by atoms with Gasteiger partial charge in [0.2, 0.25) is 0 Å². The lowest BCUT2D eigenvalue weighted by molar-refractivity contribution is 0.150. The van der Waals surface area contributed by atoms with Crippen LogP contribution in [0.3, 0.4) is 0 Å². The van der Waals surface area contributed by atoms with Gasteiger partial charge in [0.05, 0.1) is 6.61 Å². The van der Waals surface area contributed by atoms with Gasteiger partial charge in [-0.25, -0.2) is 0 Å². The Labute approximate surface area is 102 Å².